The van der Waals surface area contributed by atoms with Gasteiger partial charge in [-0.15, -0.1) is 0 Å². The quantitative estimate of drug-likeness (QED) is 0.682. The summed E-state index contributed by atoms with van der Waals surface area (Å²) >= 11 is 0. The molecule has 1 aromatic carbocycles. The van der Waals surface area contributed by atoms with Crippen LogP contribution in [0.25, 0.3) is 0 Å². The lowest BCUT2D eigenvalue weighted by Crippen LogP contribution is -2.67. The molecule has 1 aromatic rings. The predicted octanol–water partition coefficient (Wildman–Crippen LogP) is 0.457. The Labute approximate surface area is 77.5 Å². The smallest absolute Gasteiger partial charge is 0.183 e. The van der Waals surface area contributed by atoms with E-state index in [2.05, 4.69) is 5.73 Å². The number of hydrogen-bond acceptors (Lipinski definition) is 2. The molecule has 0 fully saturated rings. The van der Waals surface area contributed by atoms with Crippen LogP contribution in [0.4, 0.5) is 0 Å². The van der Waals surface area contributed by atoms with E-state index >= 15 is 0 Å². The zero-order valence-corrected chi connectivity index (χ0v) is 7.69. The molecule has 0 spiro atoms. The van der Waals surface area contributed by atoms with Crippen molar-refractivity contribution in [2.45, 2.75) is 19.1 Å². The lowest BCUT2D eigenvalue weighted by molar-refractivity contribution is -0.431. The number of ether oxygens (including phenoxy) is 2. The molecule has 0 aliphatic carbocycles. The van der Waals surface area contributed by atoms with Crippen LogP contribution >= 0.6 is 0 Å². The van der Waals surface area contributed by atoms with Gasteiger partial charge in [-0.05, 0) is 19.1 Å². The first-order valence-corrected chi connectivity index (χ1v) is 4.49. The van der Waals surface area contributed by atoms with Gasteiger partial charge >= 0.3 is 0 Å². The summed E-state index contributed by atoms with van der Waals surface area (Å²) in [6, 6.07) is 7.96. The van der Waals surface area contributed by atoms with Gasteiger partial charge in [-0.3, -0.25) is 0 Å². The molecule has 0 saturated carbocycles. The standard InChI is InChI=1S/C10H13NO2/c1-7(11)10-6-12-8-4-2-3-5-9(8)13-10/h2-5,7,10H,6,11H2,1H3/p+1/t7-,10-/m0/s1. The Kier molecular flexibility index (Phi) is 2.10. The summed E-state index contributed by atoms with van der Waals surface area (Å²) in [5, 5.41) is 0. The fraction of sp³-hybridized carbons (Fsp3) is 0.400. The van der Waals surface area contributed by atoms with Crippen molar-refractivity contribution in [2.24, 2.45) is 0 Å². The molecule has 1 aliphatic rings. The molecule has 1 aliphatic heterocycles. The van der Waals surface area contributed by atoms with Gasteiger partial charge in [0.05, 0.1) is 0 Å². The highest BCUT2D eigenvalue weighted by molar-refractivity contribution is 5.40. The van der Waals surface area contributed by atoms with Crippen LogP contribution in [0, 0.1) is 0 Å². The van der Waals surface area contributed by atoms with E-state index in [-0.39, 0.29) is 12.1 Å². The number of fused-ring (bicyclic) bond motifs is 1. The third-order valence-electron chi connectivity index (χ3n) is 2.17. The molecule has 0 unspecified atom stereocenters. The van der Waals surface area contributed by atoms with Crippen molar-refractivity contribution < 1.29 is 15.2 Å². The topological polar surface area (TPSA) is 46.1 Å². The molecule has 3 N–H and O–H groups in total. The summed E-state index contributed by atoms with van der Waals surface area (Å²) in [6.07, 6.45) is 0.0786. The van der Waals surface area contributed by atoms with Crippen molar-refractivity contribution in [3.05, 3.63) is 24.3 Å². The van der Waals surface area contributed by atoms with Gasteiger partial charge in [-0.1, -0.05) is 12.1 Å². The normalized spacial score (nSPS) is 22.5. The van der Waals surface area contributed by atoms with E-state index in [0.29, 0.717) is 6.61 Å². The first-order valence-electron chi connectivity index (χ1n) is 4.49. The van der Waals surface area contributed by atoms with Crippen LogP contribution in [0.15, 0.2) is 24.3 Å². The highest BCUT2D eigenvalue weighted by Gasteiger charge is 2.25. The highest BCUT2D eigenvalue weighted by Crippen LogP contribution is 2.30. The molecule has 0 bridgehead atoms. The zero-order chi connectivity index (χ0) is 9.26. The van der Waals surface area contributed by atoms with Crippen LogP contribution in [0.3, 0.4) is 0 Å². The van der Waals surface area contributed by atoms with E-state index in [1.165, 1.54) is 0 Å². The first-order chi connectivity index (χ1) is 6.27. The molecule has 3 heteroatoms. The largest absolute Gasteiger partial charge is 0.486 e. The van der Waals surface area contributed by atoms with Crippen LogP contribution in [-0.2, 0) is 0 Å². The van der Waals surface area contributed by atoms with Crippen molar-refractivity contribution in [1.29, 1.82) is 0 Å². The molecule has 0 amide bonds. The number of quaternary nitrogens is 1. The molecular weight excluding hydrogens is 166 g/mol. The van der Waals surface area contributed by atoms with Gasteiger partial charge in [-0.25, -0.2) is 0 Å². The highest BCUT2D eigenvalue weighted by atomic mass is 16.6. The number of benzene rings is 1. The maximum Gasteiger partial charge on any atom is 0.183 e. The maximum atomic E-state index is 5.71. The van der Waals surface area contributed by atoms with Gasteiger partial charge in [0.2, 0.25) is 0 Å². The second-order valence-corrected chi connectivity index (χ2v) is 3.39. The second-order valence-electron chi connectivity index (χ2n) is 3.39. The summed E-state index contributed by atoms with van der Waals surface area (Å²) in [7, 11) is 0. The molecule has 3 nitrogen and oxygen atoms in total. The van der Waals surface area contributed by atoms with Gasteiger partial charge in [0.15, 0.2) is 17.6 Å². The lowest BCUT2D eigenvalue weighted by Gasteiger charge is -2.26. The van der Waals surface area contributed by atoms with E-state index in [1.54, 1.807) is 0 Å². The van der Waals surface area contributed by atoms with Crippen LogP contribution in [0.2, 0.25) is 0 Å². The van der Waals surface area contributed by atoms with Crippen LogP contribution in [0.5, 0.6) is 11.5 Å². The molecule has 0 radical (unpaired) electrons. The van der Waals surface area contributed by atoms with Crippen molar-refractivity contribution in [2.75, 3.05) is 6.61 Å². The molecule has 0 saturated heterocycles. The second kappa shape index (κ2) is 3.26. The van der Waals surface area contributed by atoms with Gasteiger partial charge in [0, 0.05) is 0 Å². The van der Waals surface area contributed by atoms with Crippen LogP contribution < -0.4 is 15.2 Å². The molecule has 13 heavy (non-hydrogen) atoms. The SMILES string of the molecule is C[C@H]([NH3+])[C@@H]1COc2ccccc2O1. The monoisotopic (exact) mass is 180 g/mol. The Morgan fingerprint density at radius 2 is 2.08 bits per heavy atom. The zero-order valence-electron chi connectivity index (χ0n) is 7.69. The van der Waals surface area contributed by atoms with Crippen LogP contribution in [0.1, 0.15) is 6.92 Å². The summed E-state index contributed by atoms with van der Waals surface area (Å²) in [5.74, 6) is 1.66. The Bertz CT molecular complexity index is 299. The molecular formula is C10H14NO2+. The fourth-order valence-electron chi connectivity index (χ4n) is 1.32. The van der Waals surface area contributed by atoms with Gasteiger partial charge < -0.3 is 15.2 Å². The lowest BCUT2D eigenvalue weighted by atomic mass is 10.2. The summed E-state index contributed by atoms with van der Waals surface area (Å²) in [6.45, 7) is 2.63. The first kappa shape index (κ1) is 8.38. The third kappa shape index (κ3) is 1.60. The predicted molar refractivity (Wildman–Crippen MR) is 48.7 cm³/mol. The molecule has 0 aromatic heterocycles. The van der Waals surface area contributed by atoms with Gasteiger partial charge in [0.25, 0.3) is 0 Å². The fourth-order valence-corrected chi connectivity index (χ4v) is 1.32. The van der Waals surface area contributed by atoms with Crippen molar-refractivity contribution >= 4 is 0 Å². The minimum absolute atomic E-state index is 0.0786. The van der Waals surface area contributed by atoms with Crippen LogP contribution in [-0.4, -0.2) is 18.8 Å². The van der Waals surface area contributed by atoms with E-state index in [9.17, 15) is 0 Å². The van der Waals surface area contributed by atoms with Crippen molar-refractivity contribution in [1.82, 2.24) is 0 Å². The molecule has 70 valence electrons. The average Bonchev–Trinajstić information content (AvgIpc) is 2.17. The minimum Gasteiger partial charge on any atom is -0.486 e. The molecule has 2 atom stereocenters. The summed E-state index contributed by atoms with van der Waals surface area (Å²) in [4.78, 5) is 0. The molecule has 2 rings (SSSR count). The minimum atomic E-state index is 0.0786. The summed E-state index contributed by atoms with van der Waals surface area (Å²) in [5.41, 5.74) is 3.93. The Morgan fingerprint density at radius 3 is 2.77 bits per heavy atom. The maximum absolute atomic E-state index is 5.71. The van der Waals surface area contributed by atoms with Gasteiger partial charge in [-0.2, -0.15) is 0 Å². The number of rotatable bonds is 1. The molecule has 1 heterocycles. The van der Waals surface area contributed by atoms with Gasteiger partial charge in [0.1, 0.15) is 12.6 Å². The Morgan fingerprint density at radius 1 is 1.38 bits per heavy atom. The van der Waals surface area contributed by atoms with E-state index in [1.807, 2.05) is 31.2 Å². The summed E-state index contributed by atoms with van der Waals surface area (Å²) < 4.78 is 11.2. The van der Waals surface area contributed by atoms with Crippen molar-refractivity contribution in [3.8, 4) is 11.5 Å². The van der Waals surface area contributed by atoms with E-state index < -0.39 is 0 Å². The van der Waals surface area contributed by atoms with E-state index in [0.717, 1.165) is 11.5 Å². The van der Waals surface area contributed by atoms with Crippen molar-refractivity contribution in [3.63, 3.8) is 0 Å². The van der Waals surface area contributed by atoms with E-state index in [4.69, 9.17) is 9.47 Å². The number of hydrogen-bond donors (Lipinski definition) is 1. The average molecular weight is 180 g/mol. The number of para-hydroxylation sites is 2. The Balaban J connectivity index is 2.20. The Hall–Kier alpha value is -1.22. The third-order valence-corrected chi connectivity index (χ3v) is 2.17.